The highest BCUT2D eigenvalue weighted by molar-refractivity contribution is 7.15. The van der Waals surface area contributed by atoms with E-state index in [1.807, 2.05) is 51.3 Å². The molecule has 0 bridgehead atoms. The molecule has 1 saturated heterocycles. The summed E-state index contributed by atoms with van der Waals surface area (Å²) in [5.41, 5.74) is 2.49. The lowest BCUT2D eigenvalue weighted by Gasteiger charge is -2.31. The van der Waals surface area contributed by atoms with Crippen LogP contribution in [0.5, 0.6) is 0 Å². The van der Waals surface area contributed by atoms with Crippen LogP contribution in [0.3, 0.4) is 0 Å². The summed E-state index contributed by atoms with van der Waals surface area (Å²) in [5.74, 6) is -4.77. The van der Waals surface area contributed by atoms with E-state index in [1.165, 1.54) is 22.3 Å². The number of imidazole rings is 1. The number of thiazole rings is 1. The fraction of sp³-hybridized carbons (Fsp3) is 0.355. The SMILES string of the molecule is Cc1cccc(C)c1-c1cc(F)c(F)c([C@H](CC(=O)O)NC(=O)[C@@H]2[C@@H]3C(CN2C(=O)c2cn4ccsc4n2)C3(C)C)c1. The van der Waals surface area contributed by atoms with Gasteiger partial charge < -0.3 is 15.3 Å². The first-order chi connectivity index (χ1) is 19.9. The van der Waals surface area contributed by atoms with E-state index in [0.29, 0.717) is 22.6 Å². The van der Waals surface area contributed by atoms with Crippen LogP contribution in [0.25, 0.3) is 16.1 Å². The van der Waals surface area contributed by atoms with E-state index in [-0.39, 0.29) is 28.5 Å². The monoisotopic (exact) mass is 592 g/mol. The number of fused-ring (bicyclic) bond motifs is 2. The van der Waals surface area contributed by atoms with Crippen LogP contribution >= 0.6 is 11.3 Å². The summed E-state index contributed by atoms with van der Waals surface area (Å²) in [6.45, 7) is 8.09. The third-order valence-corrected chi connectivity index (χ3v) is 9.72. The van der Waals surface area contributed by atoms with Crippen molar-refractivity contribution in [2.45, 2.75) is 46.2 Å². The summed E-state index contributed by atoms with van der Waals surface area (Å²) >= 11 is 1.38. The van der Waals surface area contributed by atoms with Gasteiger partial charge in [0.2, 0.25) is 5.91 Å². The Bertz CT molecular complexity index is 1710. The third-order valence-electron chi connectivity index (χ3n) is 8.95. The standard InChI is InChI=1S/C31H30F2N4O4S/c1-15-6-5-7-16(2)24(15)17-10-18(26(33)20(32)11-17)21(12-23(38)39)34-28(40)27-25-19(31(25,3)4)13-37(27)29(41)22-14-36-8-9-42-30(36)35-22/h5-11,14,19,21,25,27H,12-13H2,1-4H3,(H,34,40)(H,38,39)/t19?,21-,25-,27-/m0/s1. The number of carboxylic acids is 1. The van der Waals surface area contributed by atoms with Gasteiger partial charge in [0.25, 0.3) is 5.91 Å². The van der Waals surface area contributed by atoms with Crippen LogP contribution in [0.4, 0.5) is 8.78 Å². The number of aryl methyl sites for hydroxylation is 2. The highest BCUT2D eigenvalue weighted by Crippen LogP contribution is 2.65. The molecule has 1 unspecified atom stereocenters. The molecule has 0 radical (unpaired) electrons. The van der Waals surface area contributed by atoms with Crippen molar-refractivity contribution in [3.63, 3.8) is 0 Å². The number of nitrogens with one attached hydrogen (secondary N) is 1. The highest BCUT2D eigenvalue weighted by Gasteiger charge is 2.69. The first-order valence-corrected chi connectivity index (χ1v) is 14.6. The Labute approximate surface area is 245 Å². The Balaban J connectivity index is 1.35. The third kappa shape index (κ3) is 4.56. The largest absolute Gasteiger partial charge is 0.481 e. The Morgan fingerprint density at radius 2 is 1.90 bits per heavy atom. The summed E-state index contributed by atoms with van der Waals surface area (Å²) < 4.78 is 32.1. The lowest BCUT2D eigenvalue weighted by molar-refractivity contribution is -0.138. The van der Waals surface area contributed by atoms with E-state index >= 15 is 8.78 Å². The Kier molecular flexibility index (Phi) is 6.68. The van der Waals surface area contributed by atoms with Gasteiger partial charge in [-0.2, -0.15) is 0 Å². The lowest BCUT2D eigenvalue weighted by Crippen LogP contribution is -2.50. The molecular weight excluding hydrogens is 562 g/mol. The van der Waals surface area contributed by atoms with Crippen molar-refractivity contribution >= 4 is 34.1 Å². The van der Waals surface area contributed by atoms with Gasteiger partial charge in [-0.15, -0.1) is 11.3 Å². The zero-order chi connectivity index (χ0) is 30.1. The molecule has 2 aliphatic rings. The van der Waals surface area contributed by atoms with Crippen molar-refractivity contribution in [2.75, 3.05) is 6.54 Å². The van der Waals surface area contributed by atoms with Gasteiger partial charge in [0, 0.05) is 29.9 Å². The molecule has 2 aromatic heterocycles. The van der Waals surface area contributed by atoms with Crippen LogP contribution in [0, 0.1) is 42.7 Å². The first kappa shape index (κ1) is 28.0. The number of rotatable bonds is 7. The number of nitrogens with zero attached hydrogens (tertiary/aromatic N) is 3. The zero-order valence-electron chi connectivity index (χ0n) is 23.5. The Morgan fingerprint density at radius 1 is 1.19 bits per heavy atom. The summed E-state index contributed by atoms with van der Waals surface area (Å²) in [5, 5.41) is 14.2. The lowest BCUT2D eigenvalue weighted by atomic mass is 9.92. The second-order valence-electron chi connectivity index (χ2n) is 11.9. The molecule has 8 nitrogen and oxygen atoms in total. The molecule has 3 heterocycles. The summed E-state index contributed by atoms with van der Waals surface area (Å²) in [4.78, 5) is 45.9. The van der Waals surface area contributed by atoms with E-state index in [2.05, 4.69) is 10.3 Å². The second-order valence-corrected chi connectivity index (χ2v) is 12.7. The molecule has 1 aliphatic heterocycles. The van der Waals surface area contributed by atoms with E-state index in [1.54, 1.807) is 16.8 Å². The second kappa shape index (κ2) is 10.0. The number of hydrogen-bond acceptors (Lipinski definition) is 5. The molecule has 1 saturated carbocycles. The summed E-state index contributed by atoms with van der Waals surface area (Å²) in [6.07, 6.45) is 2.73. The van der Waals surface area contributed by atoms with E-state index in [0.717, 1.165) is 17.2 Å². The maximum atomic E-state index is 15.3. The quantitative estimate of drug-likeness (QED) is 0.300. The van der Waals surface area contributed by atoms with Crippen LogP contribution in [-0.2, 0) is 9.59 Å². The molecule has 2 N–H and O–H groups in total. The number of aliphatic carboxylic acids is 1. The average Bonchev–Trinajstić information content (AvgIpc) is 3.42. The summed E-state index contributed by atoms with van der Waals surface area (Å²) in [7, 11) is 0. The summed E-state index contributed by atoms with van der Waals surface area (Å²) in [6, 6.07) is 5.76. The fourth-order valence-electron chi connectivity index (χ4n) is 6.72. The van der Waals surface area contributed by atoms with Gasteiger partial charge in [-0.05, 0) is 65.5 Å². The number of carboxylic acid groups (broad SMARTS) is 1. The molecule has 218 valence electrons. The smallest absolute Gasteiger partial charge is 0.305 e. The molecule has 4 aromatic rings. The van der Waals surface area contributed by atoms with Crippen molar-refractivity contribution in [3.05, 3.63) is 82.1 Å². The number of aromatic nitrogens is 2. The molecule has 4 atom stereocenters. The predicted molar refractivity (Wildman–Crippen MR) is 153 cm³/mol. The first-order valence-electron chi connectivity index (χ1n) is 13.7. The van der Waals surface area contributed by atoms with E-state index in [9.17, 15) is 19.5 Å². The molecular formula is C31H30F2N4O4S. The van der Waals surface area contributed by atoms with E-state index < -0.39 is 47.9 Å². The highest BCUT2D eigenvalue weighted by atomic mass is 32.1. The number of carbonyl (C=O) groups is 3. The van der Waals surface area contributed by atoms with Gasteiger partial charge >= 0.3 is 5.97 Å². The fourth-order valence-corrected chi connectivity index (χ4v) is 7.42. The van der Waals surface area contributed by atoms with Gasteiger partial charge in [-0.25, -0.2) is 13.8 Å². The number of piperidine rings is 1. The molecule has 1 aliphatic carbocycles. The van der Waals surface area contributed by atoms with Crippen molar-refractivity contribution in [3.8, 4) is 11.1 Å². The van der Waals surface area contributed by atoms with Crippen molar-refractivity contribution in [2.24, 2.45) is 17.3 Å². The molecule has 11 heteroatoms. The average molecular weight is 593 g/mol. The topological polar surface area (TPSA) is 104 Å². The van der Waals surface area contributed by atoms with Gasteiger partial charge in [0.15, 0.2) is 16.6 Å². The number of hydrogen-bond donors (Lipinski definition) is 2. The number of benzene rings is 2. The number of likely N-dealkylation sites (tertiary alicyclic amines) is 1. The number of halogens is 2. The van der Waals surface area contributed by atoms with Gasteiger partial charge in [-0.1, -0.05) is 32.0 Å². The van der Waals surface area contributed by atoms with E-state index in [4.69, 9.17) is 0 Å². The maximum Gasteiger partial charge on any atom is 0.305 e. The van der Waals surface area contributed by atoms with Gasteiger partial charge in [0.05, 0.1) is 12.5 Å². The minimum absolute atomic E-state index is 0.0698. The van der Waals surface area contributed by atoms with Crippen molar-refractivity contribution < 1.29 is 28.3 Å². The number of amides is 2. The van der Waals surface area contributed by atoms with Crippen LogP contribution in [0.15, 0.2) is 48.1 Å². The van der Waals surface area contributed by atoms with Gasteiger partial charge in [-0.3, -0.25) is 18.8 Å². The molecule has 42 heavy (non-hydrogen) atoms. The van der Waals surface area contributed by atoms with Crippen LogP contribution in [0.2, 0.25) is 0 Å². The van der Waals surface area contributed by atoms with Crippen LogP contribution in [-0.4, -0.2) is 49.8 Å². The Hall–Kier alpha value is -4.12. The van der Waals surface area contributed by atoms with Gasteiger partial charge in [0.1, 0.15) is 11.7 Å². The van der Waals surface area contributed by atoms with Crippen molar-refractivity contribution in [1.29, 1.82) is 0 Å². The predicted octanol–water partition coefficient (Wildman–Crippen LogP) is 5.39. The molecule has 2 aromatic carbocycles. The minimum Gasteiger partial charge on any atom is -0.481 e. The van der Waals surface area contributed by atoms with Crippen LogP contribution < -0.4 is 5.32 Å². The zero-order valence-corrected chi connectivity index (χ0v) is 24.3. The molecule has 2 fully saturated rings. The Morgan fingerprint density at radius 3 is 2.57 bits per heavy atom. The van der Waals surface area contributed by atoms with Crippen LogP contribution in [0.1, 0.15) is 53.5 Å². The minimum atomic E-state index is -1.37. The molecule has 0 spiro atoms. The normalized spacial score (nSPS) is 21.3. The molecule has 2 amide bonds. The maximum absolute atomic E-state index is 15.3. The van der Waals surface area contributed by atoms with Crippen molar-refractivity contribution in [1.82, 2.24) is 19.6 Å². The molecule has 6 rings (SSSR count). The number of carbonyl (C=O) groups excluding carboxylic acids is 2.